The predicted molar refractivity (Wildman–Crippen MR) is 76.2 cm³/mol. The average Bonchev–Trinajstić information content (AvgIpc) is 3.27. The summed E-state index contributed by atoms with van der Waals surface area (Å²) in [5.74, 6) is 0.418. The van der Waals surface area contributed by atoms with Gasteiger partial charge in [-0.25, -0.2) is 4.39 Å². The molecule has 3 rings (SSSR count). The van der Waals surface area contributed by atoms with E-state index < -0.39 is 0 Å². The Bertz CT molecular complexity index is 508. The maximum absolute atomic E-state index is 13.9. The van der Waals surface area contributed by atoms with Crippen LogP contribution in [0.25, 0.3) is 0 Å². The molecule has 1 aliphatic carbocycles. The fourth-order valence-electron chi connectivity index (χ4n) is 2.68. The molecule has 0 aromatic heterocycles. The van der Waals surface area contributed by atoms with E-state index in [0.29, 0.717) is 25.7 Å². The standard InChI is InChI=1S/C15H20FN3O/c16-13-4-2-1-3-12(13)15(5-6-15)11-18-14(17)19-7-9-20-10-8-19/h1-4H,5-11H2,(H2,17,18). The van der Waals surface area contributed by atoms with Crippen LogP contribution >= 0.6 is 0 Å². The van der Waals surface area contributed by atoms with E-state index in [1.54, 1.807) is 6.07 Å². The number of ether oxygens (including phenoxy) is 1. The molecule has 1 aromatic rings. The number of rotatable bonds is 3. The second kappa shape index (κ2) is 5.40. The van der Waals surface area contributed by atoms with E-state index in [1.807, 2.05) is 17.0 Å². The summed E-state index contributed by atoms with van der Waals surface area (Å²) in [6.07, 6.45) is 1.96. The fraction of sp³-hybridized carbons (Fsp3) is 0.533. The Morgan fingerprint density at radius 2 is 2.00 bits per heavy atom. The largest absolute Gasteiger partial charge is 0.378 e. The fourth-order valence-corrected chi connectivity index (χ4v) is 2.68. The summed E-state index contributed by atoms with van der Waals surface area (Å²) in [6, 6.07) is 6.99. The van der Waals surface area contributed by atoms with Crippen LogP contribution in [-0.2, 0) is 10.2 Å². The summed E-state index contributed by atoms with van der Waals surface area (Å²) in [4.78, 5) is 6.53. The predicted octanol–water partition coefficient (Wildman–Crippen LogP) is 1.50. The van der Waals surface area contributed by atoms with E-state index in [-0.39, 0.29) is 11.2 Å². The third kappa shape index (κ3) is 2.63. The summed E-state index contributed by atoms with van der Waals surface area (Å²) in [5, 5.41) is 0. The minimum Gasteiger partial charge on any atom is -0.378 e. The van der Waals surface area contributed by atoms with E-state index in [0.717, 1.165) is 31.5 Å². The first-order valence-electron chi connectivity index (χ1n) is 7.09. The first-order chi connectivity index (χ1) is 9.71. The van der Waals surface area contributed by atoms with E-state index in [4.69, 9.17) is 10.5 Å². The molecule has 0 spiro atoms. The van der Waals surface area contributed by atoms with Gasteiger partial charge in [-0.1, -0.05) is 18.2 Å². The monoisotopic (exact) mass is 277 g/mol. The Labute approximate surface area is 118 Å². The van der Waals surface area contributed by atoms with Gasteiger partial charge in [0.2, 0.25) is 0 Å². The quantitative estimate of drug-likeness (QED) is 0.673. The number of nitrogens with two attached hydrogens (primary N) is 1. The third-order valence-corrected chi connectivity index (χ3v) is 4.18. The van der Waals surface area contributed by atoms with Crippen molar-refractivity contribution in [3.05, 3.63) is 35.6 Å². The number of hydrogen-bond acceptors (Lipinski definition) is 2. The molecular formula is C15H20FN3O. The van der Waals surface area contributed by atoms with Crippen LogP contribution in [0.1, 0.15) is 18.4 Å². The van der Waals surface area contributed by atoms with Crippen molar-refractivity contribution in [1.29, 1.82) is 0 Å². The third-order valence-electron chi connectivity index (χ3n) is 4.18. The van der Waals surface area contributed by atoms with Crippen molar-refractivity contribution in [2.24, 2.45) is 10.7 Å². The highest BCUT2D eigenvalue weighted by Crippen LogP contribution is 2.49. The van der Waals surface area contributed by atoms with Crippen LogP contribution in [0.15, 0.2) is 29.3 Å². The van der Waals surface area contributed by atoms with Gasteiger partial charge in [-0.2, -0.15) is 0 Å². The van der Waals surface area contributed by atoms with Crippen molar-refractivity contribution in [2.45, 2.75) is 18.3 Å². The van der Waals surface area contributed by atoms with Gasteiger partial charge in [0, 0.05) is 18.5 Å². The zero-order valence-electron chi connectivity index (χ0n) is 11.5. The molecule has 1 saturated heterocycles. The molecule has 2 aliphatic rings. The van der Waals surface area contributed by atoms with Gasteiger partial charge < -0.3 is 15.4 Å². The molecule has 1 aliphatic heterocycles. The van der Waals surface area contributed by atoms with Crippen LogP contribution in [-0.4, -0.2) is 43.7 Å². The Hall–Kier alpha value is -1.62. The lowest BCUT2D eigenvalue weighted by atomic mass is 9.95. The van der Waals surface area contributed by atoms with Gasteiger partial charge in [0.1, 0.15) is 5.82 Å². The van der Waals surface area contributed by atoms with Crippen molar-refractivity contribution in [3.63, 3.8) is 0 Å². The summed E-state index contributed by atoms with van der Waals surface area (Å²) >= 11 is 0. The molecular weight excluding hydrogens is 257 g/mol. The van der Waals surface area contributed by atoms with Crippen molar-refractivity contribution in [2.75, 3.05) is 32.8 Å². The number of morpholine rings is 1. The van der Waals surface area contributed by atoms with Gasteiger partial charge in [0.05, 0.1) is 19.8 Å². The number of benzene rings is 1. The minimum atomic E-state index is -0.137. The van der Waals surface area contributed by atoms with Crippen LogP contribution in [0.3, 0.4) is 0 Å². The van der Waals surface area contributed by atoms with Gasteiger partial charge in [0.15, 0.2) is 5.96 Å². The minimum absolute atomic E-state index is 0.134. The summed E-state index contributed by atoms with van der Waals surface area (Å²) in [5.41, 5.74) is 6.67. The lowest BCUT2D eigenvalue weighted by Crippen LogP contribution is -2.45. The average molecular weight is 277 g/mol. The number of guanidine groups is 1. The molecule has 4 nitrogen and oxygen atoms in total. The summed E-state index contributed by atoms with van der Waals surface area (Å²) < 4.78 is 19.2. The molecule has 0 unspecified atom stereocenters. The number of aliphatic imine (C=N–C) groups is 1. The van der Waals surface area contributed by atoms with Crippen LogP contribution in [0.4, 0.5) is 4.39 Å². The molecule has 1 aromatic carbocycles. The van der Waals surface area contributed by atoms with Crippen LogP contribution in [0.5, 0.6) is 0 Å². The van der Waals surface area contributed by atoms with Crippen LogP contribution in [0, 0.1) is 5.82 Å². The molecule has 2 N–H and O–H groups in total. The van der Waals surface area contributed by atoms with Crippen molar-refractivity contribution >= 4 is 5.96 Å². The molecule has 1 heterocycles. The molecule has 2 fully saturated rings. The van der Waals surface area contributed by atoms with Crippen molar-refractivity contribution < 1.29 is 9.13 Å². The lowest BCUT2D eigenvalue weighted by Gasteiger charge is -2.28. The van der Waals surface area contributed by atoms with Gasteiger partial charge in [0.25, 0.3) is 0 Å². The maximum Gasteiger partial charge on any atom is 0.191 e. The molecule has 0 bridgehead atoms. The number of nitrogens with zero attached hydrogens (tertiary/aromatic N) is 2. The maximum atomic E-state index is 13.9. The van der Waals surface area contributed by atoms with E-state index in [1.165, 1.54) is 6.07 Å². The zero-order valence-corrected chi connectivity index (χ0v) is 11.5. The highest BCUT2D eigenvalue weighted by atomic mass is 19.1. The van der Waals surface area contributed by atoms with Crippen molar-refractivity contribution in [3.8, 4) is 0 Å². The Morgan fingerprint density at radius 3 is 2.65 bits per heavy atom. The van der Waals surface area contributed by atoms with E-state index in [9.17, 15) is 4.39 Å². The molecule has 108 valence electrons. The molecule has 0 atom stereocenters. The van der Waals surface area contributed by atoms with E-state index in [2.05, 4.69) is 4.99 Å². The SMILES string of the molecule is NC(=NCC1(c2ccccc2F)CC1)N1CCOCC1. The second-order valence-electron chi connectivity index (χ2n) is 5.53. The lowest BCUT2D eigenvalue weighted by molar-refractivity contribution is 0.0674. The topological polar surface area (TPSA) is 50.8 Å². The van der Waals surface area contributed by atoms with Gasteiger partial charge in [-0.15, -0.1) is 0 Å². The Balaban J connectivity index is 1.69. The second-order valence-corrected chi connectivity index (χ2v) is 5.53. The molecule has 0 radical (unpaired) electrons. The molecule has 0 amide bonds. The van der Waals surface area contributed by atoms with Crippen LogP contribution < -0.4 is 5.73 Å². The number of hydrogen-bond donors (Lipinski definition) is 1. The van der Waals surface area contributed by atoms with Gasteiger partial charge in [-0.3, -0.25) is 4.99 Å². The number of halogens is 1. The summed E-state index contributed by atoms with van der Waals surface area (Å²) in [7, 11) is 0. The van der Waals surface area contributed by atoms with Crippen molar-refractivity contribution in [1.82, 2.24) is 4.90 Å². The van der Waals surface area contributed by atoms with Crippen LogP contribution in [0.2, 0.25) is 0 Å². The zero-order chi connectivity index (χ0) is 14.0. The molecule has 20 heavy (non-hydrogen) atoms. The first kappa shape index (κ1) is 13.4. The van der Waals surface area contributed by atoms with E-state index >= 15 is 0 Å². The smallest absolute Gasteiger partial charge is 0.191 e. The normalized spacial score (nSPS) is 21.9. The summed E-state index contributed by atoms with van der Waals surface area (Å²) in [6.45, 7) is 3.50. The van der Waals surface area contributed by atoms with Gasteiger partial charge >= 0.3 is 0 Å². The molecule has 5 heteroatoms. The highest BCUT2D eigenvalue weighted by Gasteiger charge is 2.45. The Morgan fingerprint density at radius 1 is 1.30 bits per heavy atom. The van der Waals surface area contributed by atoms with Gasteiger partial charge in [-0.05, 0) is 24.5 Å². The highest BCUT2D eigenvalue weighted by molar-refractivity contribution is 5.78. The molecule has 1 saturated carbocycles. The Kier molecular flexibility index (Phi) is 3.61. The first-order valence-corrected chi connectivity index (χ1v) is 7.09.